The van der Waals surface area contributed by atoms with Crippen molar-refractivity contribution in [1.82, 2.24) is 0 Å². The van der Waals surface area contributed by atoms with Gasteiger partial charge in [-0.25, -0.2) is 8.42 Å². The minimum atomic E-state index is -6.00. The van der Waals surface area contributed by atoms with E-state index in [1.54, 1.807) is 24.3 Å². The second-order valence-corrected chi connectivity index (χ2v) is 18.2. The molecule has 2 atom stereocenters. The molecule has 0 saturated carbocycles. The van der Waals surface area contributed by atoms with E-state index >= 15 is 0 Å². The average Bonchev–Trinajstić information content (AvgIpc) is 3.32. The van der Waals surface area contributed by atoms with E-state index in [1.165, 1.54) is 10.4 Å². The molecule has 41 heavy (non-hydrogen) atoms. The summed E-state index contributed by atoms with van der Waals surface area (Å²) in [4.78, 5) is 0.796. The molecule has 0 spiro atoms. The monoisotopic (exact) mass is 607 g/mol. The normalized spacial score (nSPS) is 18.3. The molecule has 1 aliphatic rings. The predicted octanol–water partition coefficient (Wildman–Crippen LogP) is 6.07. The molecular formula is C30H38BF4NO3SSi. The van der Waals surface area contributed by atoms with Gasteiger partial charge < -0.3 is 26.2 Å². The fourth-order valence-corrected chi connectivity index (χ4v) is 12.2. The Kier molecular flexibility index (Phi) is 9.79. The maximum Gasteiger partial charge on any atom is 0.673 e. The summed E-state index contributed by atoms with van der Waals surface area (Å²) in [7, 11) is -6.30. The molecule has 0 aliphatic heterocycles. The number of quaternary nitrogens is 1. The van der Waals surface area contributed by atoms with Crippen LogP contribution in [0.4, 0.5) is 17.3 Å². The minimum absolute atomic E-state index is 0.188. The van der Waals surface area contributed by atoms with Gasteiger partial charge in [-0.1, -0.05) is 106 Å². The zero-order valence-electron chi connectivity index (χ0n) is 24.3. The molecule has 222 valence electrons. The molecule has 3 aromatic carbocycles. The number of rotatable bonds is 7. The van der Waals surface area contributed by atoms with Crippen LogP contribution in [0.5, 0.6) is 0 Å². The van der Waals surface area contributed by atoms with Crippen LogP contribution in [0.15, 0.2) is 107 Å². The van der Waals surface area contributed by atoms with Crippen molar-refractivity contribution in [3.63, 3.8) is 0 Å². The Labute approximate surface area is 242 Å². The third-order valence-corrected chi connectivity index (χ3v) is 14.1. The number of sulfone groups is 1. The number of hydrogen-bond donors (Lipinski definition) is 0. The molecule has 11 heteroatoms. The standard InChI is InChI=1S/C30H38NO3SSi.BF4/c1-30(2,3)36(25-18-12-8-13-19-25,26-20-14-9-15-21-26)34-27-22-23-28(29(27)31(4,5)6)35(32,33)24-16-10-7-11-17-24;2-1(3,4)5/h7-21,23,27,29H,22H2,1-6H3;/q+1;-1/t27-,29-;/m1./s1. The van der Waals surface area contributed by atoms with Gasteiger partial charge in [0.25, 0.3) is 8.32 Å². The van der Waals surface area contributed by atoms with E-state index in [0.29, 0.717) is 20.7 Å². The molecule has 0 fully saturated rings. The van der Waals surface area contributed by atoms with Gasteiger partial charge in [0, 0.05) is 0 Å². The first-order valence-electron chi connectivity index (χ1n) is 13.4. The second-order valence-electron chi connectivity index (χ2n) is 12.0. The first kappa shape index (κ1) is 32.8. The van der Waals surface area contributed by atoms with Crippen LogP contribution in [-0.4, -0.2) is 61.8 Å². The lowest BCUT2D eigenvalue weighted by atomic mass is 10.1. The van der Waals surface area contributed by atoms with Crippen molar-refractivity contribution in [1.29, 1.82) is 0 Å². The highest BCUT2D eigenvalue weighted by atomic mass is 32.2. The number of nitrogens with zero attached hydrogens (tertiary/aromatic N) is 1. The van der Waals surface area contributed by atoms with Crippen molar-refractivity contribution in [2.24, 2.45) is 0 Å². The fourth-order valence-electron chi connectivity index (χ4n) is 5.58. The molecule has 4 rings (SSSR count). The fraction of sp³-hybridized carbons (Fsp3) is 0.333. The van der Waals surface area contributed by atoms with Gasteiger partial charge in [0.05, 0.1) is 26.0 Å². The van der Waals surface area contributed by atoms with Gasteiger partial charge in [-0.2, -0.15) is 0 Å². The van der Waals surface area contributed by atoms with Crippen LogP contribution in [0.3, 0.4) is 0 Å². The first-order valence-corrected chi connectivity index (χ1v) is 16.8. The third kappa shape index (κ3) is 7.57. The summed E-state index contributed by atoms with van der Waals surface area (Å²) in [6.07, 6.45) is 2.19. The van der Waals surface area contributed by atoms with Gasteiger partial charge >= 0.3 is 7.25 Å². The highest BCUT2D eigenvalue weighted by Crippen LogP contribution is 2.42. The van der Waals surface area contributed by atoms with Gasteiger partial charge in [0.15, 0.2) is 6.04 Å². The molecule has 4 nitrogen and oxygen atoms in total. The molecule has 0 amide bonds. The zero-order chi connectivity index (χ0) is 30.7. The van der Waals surface area contributed by atoms with Crippen LogP contribution in [0.1, 0.15) is 27.2 Å². The molecule has 0 unspecified atom stereocenters. The number of hydrogen-bond acceptors (Lipinski definition) is 3. The lowest BCUT2D eigenvalue weighted by molar-refractivity contribution is -0.892. The Morgan fingerprint density at radius 1 is 0.780 bits per heavy atom. The zero-order valence-corrected chi connectivity index (χ0v) is 26.1. The van der Waals surface area contributed by atoms with E-state index in [4.69, 9.17) is 4.43 Å². The van der Waals surface area contributed by atoms with Crippen molar-refractivity contribution in [2.75, 3.05) is 21.1 Å². The topological polar surface area (TPSA) is 43.4 Å². The largest absolute Gasteiger partial charge is 0.673 e. The van der Waals surface area contributed by atoms with Crippen LogP contribution in [0.2, 0.25) is 5.04 Å². The van der Waals surface area contributed by atoms with Crippen LogP contribution in [-0.2, 0) is 14.3 Å². The number of likely N-dealkylation sites (N-methyl/N-ethyl adjacent to an activating group) is 1. The van der Waals surface area contributed by atoms with Gasteiger partial charge in [-0.05, 0) is 34.0 Å². The molecule has 0 aromatic heterocycles. The lowest BCUT2D eigenvalue weighted by Crippen LogP contribution is -2.69. The summed E-state index contributed by atoms with van der Waals surface area (Å²) < 4.78 is 74.5. The van der Waals surface area contributed by atoms with E-state index < -0.39 is 25.4 Å². The molecule has 0 bridgehead atoms. The summed E-state index contributed by atoms with van der Waals surface area (Å²) >= 11 is 0. The number of halogens is 4. The number of benzene rings is 3. The molecule has 1 aliphatic carbocycles. The van der Waals surface area contributed by atoms with E-state index in [9.17, 15) is 25.7 Å². The van der Waals surface area contributed by atoms with Crippen LogP contribution in [0, 0.1) is 0 Å². The smallest absolute Gasteiger partial charge is 0.418 e. The molecular weight excluding hydrogens is 569 g/mol. The van der Waals surface area contributed by atoms with Crippen LogP contribution < -0.4 is 10.4 Å². The van der Waals surface area contributed by atoms with Crippen molar-refractivity contribution in [2.45, 2.75) is 49.3 Å². The minimum Gasteiger partial charge on any atom is -0.418 e. The van der Waals surface area contributed by atoms with E-state index in [0.717, 1.165) is 0 Å². The summed E-state index contributed by atoms with van der Waals surface area (Å²) in [6.45, 7) is 6.76. The van der Waals surface area contributed by atoms with Crippen LogP contribution >= 0.6 is 0 Å². The van der Waals surface area contributed by atoms with Gasteiger partial charge in [-0.15, -0.1) is 0 Å². The van der Waals surface area contributed by atoms with Crippen molar-refractivity contribution >= 4 is 35.8 Å². The molecule has 3 aromatic rings. The second kappa shape index (κ2) is 12.2. The van der Waals surface area contributed by atoms with Gasteiger partial charge in [-0.3, -0.25) is 0 Å². The van der Waals surface area contributed by atoms with Crippen LogP contribution in [0.25, 0.3) is 0 Å². The first-order chi connectivity index (χ1) is 18.9. The summed E-state index contributed by atoms with van der Waals surface area (Å²) in [5, 5.41) is 2.21. The maximum atomic E-state index is 13.8. The quantitative estimate of drug-likeness (QED) is 0.186. The predicted molar refractivity (Wildman–Crippen MR) is 161 cm³/mol. The van der Waals surface area contributed by atoms with Gasteiger partial charge in [0.2, 0.25) is 9.84 Å². The van der Waals surface area contributed by atoms with E-state index in [2.05, 4.69) is 90.4 Å². The van der Waals surface area contributed by atoms with Gasteiger partial charge in [0.1, 0.15) is 11.0 Å². The molecule has 0 N–H and O–H groups in total. The third-order valence-electron chi connectivity index (χ3n) is 7.14. The van der Waals surface area contributed by atoms with Crippen molar-refractivity contribution in [3.8, 4) is 0 Å². The Hall–Kier alpha value is -2.73. The van der Waals surface area contributed by atoms with E-state index in [1.807, 2.05) is 24.3 Å². The Morgan fingerprint density at radius 3 is 1.54 bits per heavy atom. The van der Waals surface area contributed by atoms with Crippen molar-refractivity contribution < 1.29 is 34.6 Å². The summed E-state index contributed by atoms with van der Waals surface area (Å²) in [5.74, 6) is 0. The molecule has 0 saturated heterocycles. The Balaban J connectivity index is 0.000000850. The Morgan fingerprint density at radius 2 is 1.17 bits per heavy atom. The highest BCUT2D eigenvalue weighted by Gasteiger charge is 2.55. The van der Waals surface area contributed by atoms with Crippen molar-refractivity contribution in [3.05, 3.63) is 102 Å². The highest BCUT2D eigenvalue weighted by molar-refractivity contribution is 7.95. The lowest BCUT2D eigenvalue weighted by Gasteiger charge is -2.47. The summed E-state index contributed by atoms with van der Waals surface area (Å²) in [6, 6.07) is 29.5. The molecule has 0 radical (unpaired) electrons. The average molecular weight is 608 g/mol. The Bertz CT molecular complexity index is 1380. The summed E-state index contributed by atoms with van der Waals surface area (Å²) in [5.41, 5.74) is 0. The molecule has 0 heterocycles. The van der Waals surface area contributed by atoms with E-state index in [-0.39, 0.29) is 17.2 Å². The maximum absolute atomic E-state index is 13.8. The SMILES string of the molecule is CC(C)(C)[Si](O[C@@H]1CC=C(S(=O)(=O)c2ccccc2)[C@@H]1[N+](C)(C)C)(c1ccccc1)c1ccccc1.F[B-](F)(F)F.